The average molecular weight is 403 g/mol. The third-order valence-corrected chi connectivity index (χ3v) is 4.78. The lowest BCUT2D eigenvalue weighted by molar-refractivity contribution is 0.0697. The summed E-state index contributed by atoms with van der Waals surface area (Å²) < 4.78 is 5.77. The van der Waals surface area contributed by atoms with Gasteiger partial charge in [-0.2, -0.15) is 0 Å². The smallest absolute Gasteiger partial charge is 0.337 e. The van der Waals surface area contributed by atoms with Crippen LogP contribution in [0.25, 0.3) is 0 Å². The molecule has 30 heavy (non-hydrogen) atoms. The Hall–Kier alpha value is -3.60. The van der Waals surface area contributed by atoms with Crippen LogP contribution in [0.15, 0.2) is 72.8 Å². The average Bonchev–Trinajstić information content (AvgIpc) is 2.75. The SMILES string of the molecule is CCc1ccc(C(=O)N(c2ccc(Oc3ccccc3)cc2C(=O)O)C(C)C)cc1. The standard InChI is InChI=1S/C25H25NO4/c1-4-18-10-12-19(13-11-18)24(27)26(17(2)3)23-15-14-21(16-22(23)25(28)29)30-20-8-6-5-7-9-20/h5-17H,4H2,1-3H3,(H,28,29). The van der Waals surface area contributed by atoms with Gasteiger partial charge in [-0.3, -0.25) is 4.79 Å². The predicted octanol–water partition coefficient (Wildman–Crippen LogP) is 5.79. The predicted molar refractivity (Wildman–Crippen MR) is 118 cm³/mol. The van der Waals surface area contributed by atoms with E-state index in [1.807, 2.05) is 44.2 Å². The molecule has 3 rings (SSSR count). The molecule has 1 amide bonds. The van der Waals surface area contributed by atoms with Gasteiger partial charge in [-0.05, 0) is 68.3 Å². The molecule has 0 aromatic heterocycles. The number of anilines is 1. The molecular weight excluding hydrogens is 378 g/mol. The van der Waals surface area contributed by atoms with Crippen molar-refractivity contribution < 1.29 is 19.4 Å². The lowest BCUT2D eigenvalue weighted by Gasteiger charge is -2.28. The van der Waals surface area contributed by atoms with Gasteiger partial charge in [0, 0.05) is 11.6 Å². The molecule has 3 aromatic rings. The van der Waals surface area contributed by atoms with Crippen molar-refractivity contribution in [1.82, 2.24) is 0 Å². The number of carboxylic acids is 1. The maximum absolute atomic E-state index is 13.2. The highest BCUT2D eigenvalue weighted by Crippen LogP contribution is 2.31. The van der Waals surface area contributed by atoms with Crippen molar-refractivity contribution in [3.8, 4) is 11.5 Å². The van der Waals surface area contributed by atoms with Crippen LogP contribution < -0.4 is 9.64 Å². The number of aromatic carboxylic acids is 1. The number of para-hydroxylation sites is 1. The number of carbonyl (C=O) groups is 2. The Morgan fingerprint density at radius 3 is 2.17 bits per heavy atom. The molecule has 0 aliphatic heterocycles. The van der Waals surface area contributed by atoms with E-state index in [1.165, 1.54) is 11.0 Å². The molecule has 0 saturated carbocycles. The molecular formula is C25H25NO4. The molecule has 0 aliphatic carbocycles. The van der Waals surface area contributed by atoms with E-state index in [-0.39, 0.29) is 17.5 Å². The molecule has 3 aromatic carbocycles. The number of carboxylic acid groups (broad SMARTS) is 1. The summed E-state index contributed by atoms with van der Waals surface area (Å²) in [5.41, 5.74) is 2.00. The molecule has 0 bridgehead atoms. The Morgan fingerprint density at radius 2 is 1.60 bits per heavy atom. The molecule has 154 valence electrons. The maximum Gasteiger partial charge on any atom is 0.337 e. The largest absolute Gasteiger partial charge is 0.478 e. The molecule has 5 nitrogen and oxygen atoms in total. The summed E-state index contributed by atoms with van der Waals surface area (Å²) in [5, 5.41) is 9.81. The zero-order valence-electron chi connectivity index (χ0n) is 17.3. The highest BCUT2D eigenvalue weighted by atomic mass is 16.5. The molecule has 0 radical (unpaired) electrons. The number of ether oxygens (including phenoxy) is 1. The summed E-state index contributed by atoms with van der Waals surface area (Å²) in [6.45, 7) is 5.77. The van der Waals surface area contributed by atoms with Gasteiger partial charge in [0.25, 0.3) is 5.91 Å². The van der Waals surface area contributed by atoms with E-state index in [4.69, 9.17) is 4.74 Å². The van der Waals surface area contributed by atoms with Crippen LogP contribution >= 0.6 is 0 Å². The summed E-state index contributed by atoms with van der Waals surface area (Å²) in [4.78, 5) is 26.8. The fourth-order valence-electron chi connectivity index (χ4n) is 3.23. The van der Waals surface area contributed by atoms with Crippen LogP contribution in [0.1, 0.15) is 47.1 Å². The van der Waals surface area contributed by atoms with Crippen molar-refractivity contribution in [2.75, 3.05) is 4.90 Å². The monoisotopic (exact) mass is 403 g/mol. The van der Waals surface area contributed by atoms with Gasteiger partial charge in [-0.1, -0.05) is 37.3 Å². The molecule has 0 heterocycles. The summed E-state index contributed by atoms with van der Waals surface area (Å²) in [5.74, 6) is -0.365. The summed E-state index contributed by atoms with van der Waals surface area (Å²) in [6, 6.07) is 21.0. The molecule has 0 spiro atoms. The van der Waals surface area contributed by atoms with Gasteiger partial charge >= 0.3 is 5.97 Å². The summed E-state index contributed by atoms with van der Waals surface area (Å²) in [7, 11) is 0. The van der Waals surface area contributed by atoms with Gasteiger partial charge in [-0.15, -0.1) is 0 Å². The Morgan fingerprint density at radius 1 is 0.933 bits per heavy atom. The van der Waals surface area contributed by atoms with Gasteiger partial charge in [-0.25, -0.2) is 4.79 Å². The first-order valence-electron chi connectivity index (χ1n) is 9.93. The van der Waals surface area contributed by atoms with E-state index in [1.54, 1.807) is 36.4 Å². The van der Waals surface area contributed by atoms with Crippen LogP contribution in [0.4, 0.5) is 5.69 Å². The third kappa shape index (κ3) is 4.69. The molecule has 0 aliphatic rings. The van der Waals surface area contributed by atoms with Crippen molar-refractivity contribution in [3.05, 3.63) is 89.5 Å². The minimum absolute atomic E-state index is 0.00987. The maximum atomic E-state index is 13.2. The van der Waals surface area contributed by atoms with E-state index in [0.717, 1.165) is 12.0 Å². The van der Waals surface area contributed by atoms with Crippen molar-refractivity contribution in [3.63, 3.8) is 0 Å². The van der Waals surface area contributed by atoms with Crippen LogP contribution in [0.5, 0.6) is 11.5 Å². The lowest BCUT2D eigenvalue weighted by atomic mass is 10.1. The van der Waals surface area contributed by atoms with Crippen LogP contribution in [0.2, 0.25) is 0 Å². The number of aryl methyl sites for hydroxylation is 1. The first-order chi connectivity index (χ1) is 14.4. The zero-order valence-corrected chi connectivity index (χ0v) is 17.3. The van der Waals surface area contributed by atoms with Gasteiger partial charge < -0.3 is 14.7 Å². The fraction of sp³-hybridized carbons (Fsp3) is 0.200. The van der Waals surface area contributed by atoms with Crippen LogP contribution in [0, 0.1) is 0 Å². The lowest BCUT2D eigenvalue weighted by Crippen LogP contribution is -2.38. The molecule has 0 atom stereocenters. The van der Waals surface area contributed by atoms with Gasteiger partial charge in [0.05, 0.1) is 11.3 Å². The van der Waals surface area contributed by atoms with Crippen LogP contribution in [0.3, 0.4) is 0 Å². The molecule has 1 N–H and O–H groups in total. The van der Waals surface area contributed by atoms with E-state index in [9.17, 15) is 14.7 Å². The Kier molecular flexibility index (Phi) is 6.52. The third-order valence-electron chi connectivity index (χ3n) is 4.78. The summed E-state index contributed by atoms with van der Waals surface area (Å²) >= 11 is 0. The number of hydrogen-bond donors (Lipinski definition) is 1. The number of carbonyl (C=O) groups excluding carboxylic acids is 1. The molecule has 0 unspecified atom stereocenters. The molecule has 5 heteroatoms. The van der Waals surface area contributed by atoms with E-state index < -0.39 is 5.97 Å². The Bertz CT molecular complexity index is 1030. The van der Waals surface area contributed by atoms with Crippen molar-refractivity contribution in [1.29, 1.82) is 0 Å². The van der Waals surface area contributed by atoms with Gasteiger partial charge in [0.2, 0.25) is 0 Å². The van der Waals surface area contributed by atoms with Crippen molar-refractivity contribution in [2.24, 2.45) is 0 Å². The molecule has 0 fully saturated rings. The second kappa shape index (κ2) is 9.27. The second-order valence-electron chi connectivity index (χ2n) is 7.22. The number of rotatable bonds is 7. The number of hydrogen-bond acceptors (Lipinski definition) is 3. The van der Waals surface area contributed by atoms with Crippen molar-refractivity contribution in [2.45, 2.75) is 33.2 Å². The van der Waals surface area contributed by atoms with E-state index >= 15 is 0 Å². The quantitative estimate of drug-likeness (QED) is 0.542. The normalized spacial score (nSPS) is 10.7. The van der Waals surface area contributed by atoms with Gasteiger partial charge in [0.15, 0.2) is 0 Å². The van der Waals surface area contributed by atoms with E-state index in [0.29, 0.717) is 22.7 Å². The first-order valence-corrected chi connectivity index (χ1v) is 9.93. The van der Waals surface area contributed by atoms with Gasteiger partial charge in [0.1, 0.15) is 11.5 Å². The summed E-state index contributed by atoms with van der Waals surface area (Å²) in [6.07, 6.45) is 0.883. The number of amides is 1. The highest BCUT2D eigenvalue weighted by Gasteiger charge is 2.26. The zero-order chi connectivity index (χ0) is 21.7. The number of benzene rings is 3. The Balaban J connectivity index is 1.98. The first kappa shape index (κ1) is 21.1. The van der Waals surface area contributed by atoms with Crippen LogP contribution in [-0.4, -0.2) is 23.0 Å². The fourth-order valence-corrected chi connectivity index (χ4v) is 3.23. The minimum atomic E-state index is -1.12. The molecule has 0 saturated heterocycles. The minimum Gasteiger partial charge on any atom is -0.478 e. The van der Waals surface area contributed by atoms with E-state index in [2.05, 4.69) is 6.92 Å². The van der Waals surface area contributed by atoms with Crippen LogP contribution in [-0.2, 0) is 6.42 Å². The Labute approximate surface area is 176 Å². The second-order valence-corrected chi connectivity index (χ2v) is 7.22. The topological polar surface area (TPSA) is 66.8 Å². The highest BCUT2D eigenvalue weighted by molar-refractivity contribution is 6.09. The number of nitrogens with zero attached hydrogens (tertiary/aromatic N) is 1. The van der Waals surface area contributed by atoms with Crippen molar-refractivity contribution >= 4 is 17.6 Å².